The molecule has 0 amide bonds. The number of benzene rings is 1. The molecule has 4 heteroatoms. The van der Waals surface area contributed by atoms with Gasteiger partial charge in [-0.2, -0.15) is 0 Å². The molecule has 2 nitrogen and oxygen atoms in total. The van der Waals surface area contributed by atoms with Crippen LogP contribution in [0.2, 0.25) is 0 Å². The molecule has 1 aliphatic heterocycles. The fourth-order valence-electron chi connectivity index (χ4n) is 2.27. The summed E-state index contributed by atoms with van der Waals surface area (Å²) in [4.78, 5) is 1.89. The molecule has 0 saturated carbocycles. The Bertz CT molecular complexity index is 381. The summed E-state index contributed by atoms with van der Waals surface area (Å²) in [5.41, 5.74) is 6.19. The van der Waals surface area contributed by atoms with E-state index in [0.717, 1.165) is 18.9 Å². The van der Waals surface area contributed by atoms with Gasteiger partial charge in [0.05, 0.1) is 5.69 Å². The second-order valence-electron chi connectivity index (χ2n) is 4.42. The van der Waals surface area contributed by atoms with Crippen LogP contribution in [0, 0.1) is 11.6 Å². The maximum absolute atomic E-state index is 13.6. The molecule has 1 aliphatic rings. The lowest BCUT2D eigenvalue weighted by atomic mass is 9.98. The van der Waals surface area contributed by atoms with Gasteiger partial charge in [0.2, 0.25) is 0 Å². The van der Waals surface area contributed by atoms with Crippen molar-refractivity contribution in [2.24, 2.45) is 5.73 Å². The van der Waals surface area contributed by atoms with Gasteiger partial charge in [-0.15, -0.1) is 0 Å². The number of hydrogen-bond acceptors (Lipinski definition) is 2. The molecule has 2 rings (SSSR count). The molecule has 2 N–H and O–H groups in total. The van der Waals surface area contributed by atoms with Crippen LogP contribution >= 0.6 is 0 Å². The van der Waals surface area contributed by atoms with E-state index in [2.05, 4.69) is 0 Å². The number of rotatable bonds is 1. The lowest BCUT2D eigenvalue weighted by Crippen LogP contribution is -2.46. The molecule has 1 fully saturated rings. The van der Waals surface area contributed by atoms with E-state index in [0.29, 0.717) is 12.2 Å². The monoisotopic (exact) mass is 226 g/mol. The fourth-order valence-corrected chi connectivity index (χ4v) is 2.27. The van der Waals surface area contributed by atoms with Crippen molar-refractivity contribution in [1.29, 1.82) is 0 Å². The molecular weight excluding hydrogens is 210 g/mol. The summed E-state index contributed by atoms with van der Waals surface area (Å²) in [7, 11) is 0. The van der Waals surface area contributed by atoms with E-state index < -0.39 is 5.82 Å². The van der Waals surface area contributed by atoms with Crippen LogP contribution in [0.25, 0.3) is 0 Å². The first-order valence-corrected chi connectivity index (χ1v) is 5.55. The van der Waals surface area contributed by atoms with E-state index in [4.69, 9.17) is 5.73 Å². The van der Waals surface area contributed by atoms with Gasteiger partial charge in [-0.25, -0.2) is 8.78 Å². The molecule has 16 heavy (non-hydrogen) atoms. The van der Waals surface area contributed by atoms with Crippen molar-refractivity contribution in [3.63, 3.8) is 0 Å². The van der Waals surface area contributed by atoms with Gasteiger partial charge in [0.15, 0.2) is 0 Å². The van der Waals surface area contributed by atoms with Gasteiger partial charge in [0.25, 0.3) is 0 Å². The van der Waals surface area contributed by atoms with Crippen LogP contribution in [0.1, 0.15) is 19.8 Å². The molecule has 1 saturated heterocycles. The highest BCUT2D eigenvalue weighted by Gasteiger charge is 2.25. The van der Waals surface area contributed by atoms with Crippen molar-refractivity contribution in [3.8, 4) is 0 Å². The first-order chi connectivity index (χ1) is 7.58. The SMILES string of the molecule is CC1CC(N)CCN1c1cc(F)ccc1F. The van der Waals surface area contributed by atoms with Gasteiger partial charge >= 0.3 is 0 Å². The molecule has 0 bridgehead atoms. The van der Waals surface area contributed by atoms with Crippen LogP contribution in [0.15, 0.2) is 18.2 Å². The van der Waals surface area contributed by atoms with Crippen molar-refractivity contribution >= 4 is 5.69 Å². The first-order valence-electron chi connectivity index (χ1n) is 5.55. The van der Waals surface area contributed by atoms with Crippen molar-refractivity contribution in [1.82, 2.24) is 0 Å². The number of anilines is 1. The van der Waals surface area contributed by atoms with Gasteiger partial charge in [-0.1, -0.05) is 0 Å². The zero-order valence-electron chi connectivity index (χ0n) is 9.29. The Morgan fingerprint density at radius 2 is 2.12 bits per heavy atom. The highest BCUT2D eigenvalue weighted by atomic mass is 19.1. The molecule has 0 aromatic heterocycles. The van der Waals surface area contributed by atoms with E-state index in [-0.39, 0.29) is 17.9 Å². The minimum Gasteiger partial charge on any atom is -0.366 e. The van der Waals surface area contributed by atoms with E-state index in [1.54, 1.807) is 0 Å². The molecular formula is C12H16F2N2. The van der Waals surface area contributed by atoms with Crippen LogP contribution in [-0.4, -0.2) is 18.6 Å². The second-order valence-corrected chi connectivity index (χ2v) is 4.42. The summed E-state index contributed by atoms with van der Waals surface area (Å²) in [6, 6.07) is 3.89. The summed E-state index contributed by atoms with van der Waals surface area (Å²) in [6.45, 7) is 2.67. The molecule has 1 aromatic rings. The van der Waals surface area contributed by atoms with Gasteiger partial charge in [0.1, 0.15) is 11.6 Å². The van der Waals surface area contributed by atoms with Gasteiger partial charge < -0.3 is 10.6 Å². The third-order valence-electron chi connectivity index (χ3n) is 3.13. The van der Waals surface area contributed by atoms with Crippen molar-refractivity contribution in [3.05, 3.63) is 29.8 Å². The lowest BCUT2D eigenvalue weighted by molar-refractivity contribution is 0.424. The summed E-state index contributed by atoms with van der Waals surface area (Å²) < 4.78 is 26.7. The summed E-state index contributed by atoms with van der Waals surface area (Å²) in [6.07, 6.45) is 1.64. The third kappa shape index (κ3) is 2.16. The average molecular weight is 226 g/mol. The summed E-state index contributed by atoms with van der Waals surface area (Å²) >= 11 is 0. The molecule has 0 spiro atoms. The molecule has 1 aromatic carbocycles. The average Bonchev–Trinajstić information content (AvgIpc) is 2.22. The zero-order chi connectivity index (χ0) is 11.7. The van der Waals surface area contributed by atoms with Gasteiger partial charge in [0, 0.05) is 24.7 Å². The number of halogens is 2. The Morgan fingerprint density at radius 3 is 2.81 bits per heavy atom. The maximum Gasteiger partial charge on any atom is 0.146 e. The molecule has 2 unspecified atom stereocenters. The topological polar surface area (TPSA) is 29.3 Å². The number of nitrogens with zero attached hydrogens (tertiary/aromatic N) is 1. The predicted molar refractivity (Wildman–Crippen MR) is 60.4 cm³/mol. The van der Waals surface area contributed by atoms with Crippen LogP contribution < -0.4 is 10.6 Å². The standard InChI is InChI=1S/C12H16F2N2/c1-8-6-10(15)4-5-16(8)12-7-9(13)2-3-11(12)14/h2-3,7-8,10H,4-6,15H2,1H3. The van der Waals surface area contributed by atoms with E-state index in [1.165, 1.54) is 12.1 Å². The van der Waals surface area contributed by atoms with Crippen molar-refractivity contribution in [2.45, 2.75) is 31.8 Å². The highest BCUT2D eigenvalue weighted by molar-refractivity contribution is 5.49. The maximum atomic E-state index is 13.6. The number of nitrogens with two attached hydrogens (primary N) is 1. The summed E-state index contributed by atoms with van der Waals surface area (Å²) in [5.74, 6) is -0.776. The van der Waals surface area contributed by atoms with Gasteiger partial charge in [-0.05, 0) is 31.9 Å². The second kappa shape index (κ2) is 4.37. The Balaban J connectivity index is 2.26. The van der Waals surface area contributed by atoms with Crippen molar-refractivity contribution in [2.75, 3.05) is 11.4 Å². The largest absolute Gasteiger partial charge is 0.366 e. The van der Waals surface area contributed by atoms with E-state index in [9.17, 15) is 8.78 Å². The van der Waals surface area contributed by atoms with E-state index in [1.807, 2.05) is 11.8 Å². The summed E-state index contributed by atoms with van der Waals surface area (Å²) in [5, 5.41) is 0. The first kappa shape index (κ1) is 11.3. The zero-order valence-corrected chi connectivity index (χ0v) is 9.29. The van der Waals surface area contributed by atoms with Crippen LogP contribution in [0.4, 0.5) is 14.5 Å². The minimum atomic E-state index is -0.404. The molecule has 2 atom stereocenters. The lowest BCUT2D eigenvalue weighted by Gasteiger charge is -2.38. The smallest absolute Gasteiger partial charge is 0.146 e. The molecule has 0 aliphatic carbocycles. The van der Waals surface area contributed by atoms with Crippen LogP contribution in [0.3, 0.4) is 0 Å². The number of piperidine rings is 1. The third-order valence-corrected chi connectivity index (χ3v) is 3.13. The minimum absolute atomic E-state index is 0.153. The Morgan fingerprint density at radius 1 is 1.38 bits per heavy atom. The van der Waals surface area contributed by atoms with Crippen molar-refractivity contribution < 1.29 is 8.78 Å². The molecule has 1 heterocycles. The molecule has 88 valence electrons. The van der Waals surface area contributed by atoms with Crippen LogP contribution in [0.5, 0.6) is 0 Å². The normalized spacial score (nSPS) is 25.9. The fraction of sp³-hybridized carbons (Fsp3) is 0.500. The van der Waals surface area contributed by atoms with E-state index >= 15 is 0 Å². The van der Waals surface area contributed by atoms with Gasteiger partial charge in [-0.3, -0.25) is 0 Å². The molecule has 0 radical (unpaired) electrons. The van der Waals surface area contributed by atoms with Crippen LogP contribution in [-0.2, 0) is 0 Å². The number of hydrogen-bond donors (Lipinski definition) is 1. The Labute approximate surface area is 94.0 Å². The predicted octanol–water partition coefficient (Wildman–Crippen LogP) is 2.28. The Hall–Kier alpha value is -1.16. The highest BCUT2D eigenvalue weighted by Crippen LogP contribution is 2.27. The quantitative estimate of drug-likeness (QED) is 0.796. The Kier molecular flexibility index (Phi) is 3.10.